The summed E-state index contributed by atoms with van der Waals surface area (Å²) in [6.07, 6.45) is 11.2. The number of primary amides is 3. The van der Waals surface area contributed by atoms with E-state index in [1.54, 1.807) is 93.0 Å². The molecule has 12 N–H and O–H groups in total. The zero-order valence-corrected chi connectivity index (χ0v) is 63.8. The monoisotopic (exact) mass is 1560 g/mol. The molecule has 3 aliphatic heterocycles. The van der Waals surface area contributed by atoms with Crippen molar-refractivity contribution in [2.24, 2.45) is 33.4 Å². The summed E-state index contributed by atoms with van der Waals surface area (Å²) in [5.41, 5.74) is 43.8. The minimum atomic E-state index is -4.45. The number of benzene rings is 3. The molecule has 0 atom stereocenters. The van der Waals surface area contributed by atoms with Crippen molar-refractivity contribution in [1.29, 1.82) is 0 Å². The van der Waals surface area contributed by atoms with Crippen LogP contribution >= 0.6 is 0 Å². The number of nitrogens with zero attached hydrogens (tertiary/aromatic N) is 15. The van der Waals surface area contributed by atoms with Gasteiger partial charge in [0.25, 0.3) is 41.9 Å². The Bertz CT molecular complexity index is 5510. The maximum atomic E-state index is 13.2. The number of carbonyl (C=O) groups excluding carboxylic acids is 6. The van der Waals surface area contributed by atoms with Crippen molar-refractivity contribution in [3.8, 4) is 69.3 Å². The molecule has 9 aromatic rings. The van der Waals surface area contributed by atoms with Crippen LogP contribution < -0.4 is 34.4 Å². The summed E-state index contributed by atoms with van der Waals surface area (Å²) >= 11 is 0. The molecule has 7 aliphatic rings. The lowest BCUT2D eigenvalue weighted by Crippen LogP contribution is -2.42. The summed E-state index contributed by atoms with van der Waals surface area (Å²) < 4.78 is 75.8. The summed E-state index contributed by atoms with van der Waals surface area (Å²) in [5, 5.41) is 27.4. The second kappa shape index (κ2) is 30.9. The Hall–Kier alpha value is -12.5. The van der Waals surface area contributed by atoms with Gasteiger partial charge in [-0.25, -0.2) is 22.8 Å². The number of carbonyl (C=O) groups is 6. The van der Waals surface area contributed by atoms with Crippen molar-refractivity contribution in [2.75, 3.05) is 56.5 Å². The van der Waals surface area contributed by atoms with Gasteiger partial charge in [0.05, 0.1) is 61.4 Å². The van der Waals surface area contributed by atoms with E-state index in [2.05, 4.69) is 80.2 Å². The maximum Gasteiger partial charge on any atom is 0.416 e. The molecule has 0 unspecified atom stereocenters. The number of hydrogen-bond acceptors (Lipinski definition) is 15. The van der Waals surface area contributed by atoms with Crippen LogP contribution in [0.2, 0.25) is 0 Å². The van der Waals surface area contributed by atoms with Crippen LogP contribution in [-0.2, 0) is 40.2 Å². The maximum absolute atomic E-state index is 13.2. The van der Waals surface area contributed by atoms with Gasteiger partial charge in [-0.05, 0) is 186 Å². The molecular weight excluding hydrogens is 1470 g/mol. The lowest BCUT2D eigenvalue weighted by molar-refractivity contribution is -0.137. The lowest BCUT2D eigenvalue weighted by Gasteiger charge is -2.45. The number of aromatic nitrogens is 12. The molecule has 4 aliphatic carbocycles. The number of halogens is 5. The van der Waals surface area contributed by atoms with Crippen molar-refractivity contribution in [1.82, 2.24) is 73.4 Å². The average molecular weight is 1560 g/mol. The van der Waals surface area contributed by atoms with Crippen LogP contribution in [0.25, 0.3) is 33.8 Å². The van der Waals surface area contributed by atoms with E-state index in [1.807, 2.05) is 22.7 Å². The Labute approximate surface area is 653 Å². The fourth-order valence-electron chi connectivity index (χ4n) is 17.6. The second-order valence-electron chi connectivity index (χ2n) is 31.4. The van der Waals surface area contributed by atoms with E-state index in [4.69, 9.17) is 44.6 Å². The molecule has 6 amide bonds. The van der Waals surface area contributed by atoms with Crippen molar-refractivity contribution >= 4 is 52.9 Å². The highest BCUT2D eigenvalue weighted by Crippen LogP contribution is 2.58. The molecule has 3 spiro atoms. The summed E-state index contributed by atoms with van der Waals surface area (Å²) in [6.45, 7) is 13.5. The smallest absolute Gasteiger partial charge is 0.383 e. The molecule has 4 saturated carbocycles. The number of alkyl halides is 5. The Morgan fingerprint density at radius 3 is 1.35 bits per heavy atom. The SMILES string of the molecule is CC#CC(=O)N1CCC2(CC(n3nc(-c4cn(Cc5cccc(C6CC6)c5)nc4C)c(C(N)=O)c3N)C2)C1.CC#CC(=O)N1CCC2(CC(n3nc(-c4cnn(Cc5cc(C)cc(C(F)(F)F)c5)c4)c(C(N)=O)c3N)C2)C1.CC#CC(=O)N1CCC2(CC(n3nc(-c4cnn(Cc5cccc(C(F)F)c5)c4)c(C(N)=O)c3N)C2)C1. The van der Waals surface area contributed by atoms with Gasteiger partial charge in [0, 0.05) is 80.1 Å². The molecule has 16 rings (SSSR count). The molecule has 7 fully saturated rings. The average Bonchev–Trinajstić information content (AvgIpc) is 1.59. The number of rotatable bonds is 17. The number of nitrogens with two attached hydrogens (primary N) is 6. The fraction of sp³-hybridized carbons (Fsp3) is 0.415. The molecule has 6 aromatic heterocycles. The van der Waals surface area contributed by atoms with E-state index >= 15 is 0 Å². The Kier molecular flexibility index (Phi) is 21.2. The Morgan fingerprint density at radius 1 is 0.518 bits per heavy atom. The van der Waals surface area contributed by atoms with E-state index in [0.29, 0.717) is 96.8 Å². The molecule has 592 valence electrons. The van der Waals surface area contributed by atoms with Gasteiger partial charge in [-0.1, -0.05) is 71.9 Å². The van der Waals surface area contributed by atoms with Crippen LogP contribution in [0.3, 0.4) is 0 Å². The van der Waals surface area contributed by atoms with Gasteiger partial charge in [0.2, 0.25) is 0 Å². The largest absolute Gasteiger partial charge is 0.416 e. The third-order valence-electron chi connectivity index (χ3n) is 23.2. The minimum Gasteiger partial charge on any atom is -0.383 e. The lowest BCUT2D eigenvalue weighted by atomic mass is 9.65. The van der Waals surface area contributed by atoms with Crippen molar-refractivity contribution in [2.45, 2.75) is 162 Å². The topological polar surface area (TPSA) is 375 Å². The van der Waals surface area contributed by atoms with Crippen LogP contribution in [0.1, 0.15) is 198 Å². The molecule has 3 aromatic carbocycles. The molecule has 32 heteroatoms. The van der Waals surface area contributed by atoms with E-state index < -0.39 is 35.9 Å². The van der Waals surface area contributed by atoms with Crippen LogP contribution in [-0.4, -0.2) is 148 Å². The third kappa shape index (κ3) is 15.9. The Morgan fingerprint density at radius 2 is 0.930 bits per heavy atom. The first-order chi connectivity index (χ1) is 54.3. The summed E-state index contributed by atoms with van der Waals surface area (Å²) in [4.78, 5) is 79.1. The number of anilines is 3. The summed E-state index contributed by atoms with van der Waals surface area (Å²) in [5.74, 6) is 14.7. The second-order valence-corrected chi connectivity index (χ2v) is 31.4. The normalized spacial score (nSPS) is 21.1. The first-order valence-electron chi connectivity index (χ1n) is 37.8. The molecule has 114 heavy (non-hydrogen) atoms. The van der Waals surface area contributed by atoms with Gasteiger partial charge in [-0.3, -0.25) is 42.8 Å². The van der Waals surface area contributed by atoms with E-state index in [1.165, 1.54) is 47.0 Å². The van der Waals surface area contributed by atoms with Crippen LogP contribution in [0, 0.1) is 65.6 Å². The van der Waals surface area contributed by atoms with Crippen molar-refractivity contribution in [3.05, 3.63) is 159 Å². The van der Waals surface area contributed by atoms with Gasteiger partial charge in [-0.15, -0.1) is 0 Å². The van der Waals surface area contributed by atoms with Gasteiger partial charge < -0.3 is 49.1 Å². The number of likely N-dealkylation sites (tertiary alicyclic amines) is 3. The zero-order valence-electron chi connectivity index (χ0n) is 63.8. The van der Waals surface area contributed by atoms with E-state index in [0.717, 1.165) is 81.2 Å². The highest BCUT2D eigenvalue weighted by atomic mass is 19.4. The highest BCUT2D eigenvalue weighted by molar-refractivity contribution is 6.05. The molecule has 3 saturated heterocycles. The quantitative estimate of drug-likeness (QED) is 0.0365. The predicted molar refractivity (Wildman–Crippen MR) is 413 cm³/mol. The van der Waals surface area contributed by atoms with Crippen molar-refractivity contribution < 1.29 is 50.7 Å². The summed E-state index contributed by atoms with van der Waals surface area (Å²) in [7, 11) is 0. The summed E-state index contributed by atoms with van der Waals surface area (Å²) in [6, 6.07) is 18.6. The van der Waals surface area contributed by atoms with E-state index in [-0.39, 0.29) is 105 Å². The van der Waals surface area contributed by atoms with Crippen LogP contribution in [0.5, 0.6) is 0 Å². The predicted octanol–water partition coefficient (Wildman–Crippen LogP) is 9.61. The van der Waals surface area contributed by atoms with Crippen LogP contribution in [0.15, 0.2) is 97.7 Å². The zero-order chi connectivity index (χ0) is 81.0. The number of nitrogen functional groups attached to an aromatic ring is 3. The number of aryl methyl sites for hydroxylation is 2. The molecule has 0 radical (unpaired) electrons. The van der Waals surface area contributed by atoms with Crippen LogP contribution in [0.4, 0.5) is 39.4 Å². The first-order valence-corrected chi connectivity index (χ1v) is 37.8. The van der Waals surface area contributed by atoms with Crippen molar-refractivity contribution in [3.63, 3.8) is 0 Å². The van der Waals surface area contributed by atoms with Gasteiger partial charge in [0.15, 0.2) is 0 Å². The number of amides is 6. The first kappa shape index (κ1) is 78.2. The van der Waals surface area contributed by atoms with E-state index in [9.17, 15) is 50.7 Å². The molecule has 0 bridgehead atoms. The Balaban J connectivity index is 0.000000142. The van der Waals surface area contributed by atoms with Gasteiger partial charge in [0.1, 0.15) is 51.2 Å². The third-order valence-corrected chi connectivity index (χ3v) is 23.2. The minimum absolute atomic E-state index is 0.00116. The molecular formula is C82H88F5N21O6. The fourth-order valence-corrected chi connectivity index (χ4v) is 17.6. The highest BCUT2D eigenvalue weighted by Gasteiger charge is 2.54. The standard InChI is InChI=1S/C29H33N7O2.C27H28F3N7O2.C26H27F2N7O2/c1-3-5-24(37)34-11-10-29(17-34)13-22(14-29)36-27(30)25(28(31)38)26(33-36)23-16-35(32-18(23)2)15-19-6-4-7-21(12-19)20-8-9-20;1-3-4-21(38)35-6-5-26(15-35)10-20(11-26)37-24(31)22(25(32)39)23(34-37)18-12-33-36(14-18)13-17-7-16(2)8-19(9-17)27(28,29)30;1-2-4-20(36)33-8-7-26(15-33)10-19(11-26)35-24(29)21(25(30)37)22(32-35)18-12-31-34(14-18)13-16-5-3-6-17(9-16)23(27)28/h4,6-7,12,16,20,22H,8-11,13-15,17,30H2,1-2H3,(H2,31,38);7-9,12,14,20H,5-6,10-11,13,15,31H2,1-2H3,(H2,32,39);3,5-6,9,12,14,19,23H,7-8,10-11,13,15,29H2,1H3,(H2,30,37). The molecule has 27 nitrogen and oxygen atoms in total. The van der Waals surface area contributed by atoms with Gasteiger partial charge >= 0.3 is 6.18 Å². The van der Waals surface area contributed by atoms with Gasteiger partial charge in [-0.2, -0.15) is 43.8 Å². The molecule has 9 heterocycles. The number of hydrogen-bond donors (Lipinski definition) is 6.